The van der Waals surface area contributed by atoms with Crippen molar-refractivity contribution >= 4 is 10.0 Å². The zero-order chi connectivity index (χ0) is 18.4. The van der Waals surface area contributed by atoms with E-state index in [1.807, 2.05) is 55.5 Å². The van der Waals surface area contributed by atoms with E-state index >= 15 is 0 Å². The van der Waals surface area contributed by atoms with Crippen LogP contribution in [0.1, 0.15) is 12.5 Å². The fraction of sp³-hybridized carbons (Fsp3) is 0.143. The second kappa shape index (κ2) is 8.17. The number of benzene rings is 3. The quantitative estimate of drug-likeness (QED) is 0.680. The maximum atomic E-state index is 12.3. The van der Waals surface area contributed by atoms with Crippen molar-refractivity contribution in [2.45, 2.75) is 18.4 Å². The summed E-state index contributed by atoms with van der Waals surface area (Å²) in [5.74, 6) is 0.838. The number of hydrogen-bond donors (Lipinski definition) is 1. The third-order valence-electron chi connectivity index (χ3n) is 3.95. The van der Waals surface area contributed by atoms with Crippen LogP contribution in [0.5, 0.6) is 5.75 Å². The van der Waals surface area contributed by atoms with E-state index in [-0.39, 0.29) is 11.4 Å². The second-order valence-corrected chi connectivity index (χ2v) is 7.56. The van der Waals surface area contributed by atoms with Gasteiger partial charge in [0.05, 0.1) is 11.5 Å². The minimum Gasteiger partial charge on any atom is -0.494 e. The number of rotatable bonds is 7. The molecule has 0 atom stereocenters. The summed E-state index contributed by atoms with van der Waals surface area (Å²) in [5.41, 5.74) is 3.02. The Balaban J connectivity index is 1.69. The minimum absolute atomic E-state index is 0.247. The van der Waals surface area contributed by atoms with Crippen molar-refractivity contribution in [3.63, 3.8) is 0 Å². The maximum Gasteiger partial charge on any atom is 0.240 e. The van der Waals surface area contributed by atoms with Crippen LogP contribution in [0, 0.1) is 0 Å². The van der Waals surface area contributed by atoms with E-state index in [2.05, 4.69) is 4.72 Å². The van der Waals surface area contributed by atoms with Crippen molar-refractivity contribution in [3.05, 3.63) is 84.4 Å². The van der Waals surface area contributed by atoms with Crippen LogP contribution < -0.4 is 9.46 Å². The van der Waals surface area contributed by atoms with Crippen molar-refractivity contribution in [1.82, 2.24) is 4.72 Å². The van der Waals surface area contributed by atoms with Gasteiger partial charge in [0.15, 0.2) is 0 Å². The van der Waals surface area contributed by atoms with Gasteiger partial charge in [0, 0.05) is 6.54 Å². The second-order valence-electron chi connectivity index (χ2n) is 5.80. The van der Waals surface area contributed by atoms with E-state index < -0.39 is 10.0 Å². The van der Waals surface area contributed by atoms with E-state index in [9.17, 15) is 8.42 Å². The summed E-state index contributed by atoms with van der Waals surface area (Å²) in [4.78, 5) is 0.268. The summed E-state index contributed by atoms with van der Waals surface area (Å²) < 4.78 is 32.7. The standard InChI is InChI=1S/C21H21NO3S/c1-2-25-20-8-6-7-19(15-20)18-13-11-17(12-14-18)16-22-26(23,24)21-9-4-3-5-10-21/h3-15,22H,2,16H2,1H3. The van der Waals surface area contributed by atoms with Crippen LogP contribution in [0.25, 0.3) is 11.1 Å². The van der Waals surface area contributed by atoms with Crippen molar-refractivity contribution < 1.29 is 13.2 Å². The molecule has 3 aromatic rings. The Kier molecular flexibility index (Phi) is 5.71. The highest BCUT2D eigenvalue weighted by Crippen LogP contribution is 2.24. The lowest BCUT2D eigenvalue weighted by Crippen LogP contribution is -2.23. The van der Waals surface area contributed by atoms with Gasteiger partial charge in [-0.05, 0) is 47.9 Å². The third-order valence-corrected chi connectivity index (χ3v) is 5.37. The average molecular weight is 367 g/mol. The summed E-state index contributed by atoms with van der Waals surface area (Å²) in [5, 5.41) is 0. The normalized spacial score (nSPS) is 11.3. The van der Waals surface area contributed by atoms with Gasteiger partial charge in [-0.3, -0.25) is 0 Å². The first-order valence-electron chi connectivity index (χ1n) is 8.45. The van der Waals surface area contributed by atoms with Crippen LogP contribution in [-0.4, -0.2) is 15.0 Å². The highest BCUT2D eigenvalue weighted by molar-refractivity contribution is 7.89. The smallest absolute Gasteiger partial charge is 0.240 e. The molecule has 0 amide bonds. The van der Waals surface area contributed by atoms with Gasteiger partial charge in [0.25, 0.3) is 0 Å². The van der Waals surface area contributed by atoms with E-state index in [1.165, 1.54) is 0 Å². The summed E-state index contributed by atoms with van der Waals surface area (Å²) in [7, 11) is -3.50. The monoisotopic (exact) mass is 367 g/mol. The molecule has 0 saturated carbocycles. The Bertz CT molecular complexity index is 952. The highest BCUT2D eigenvalue weighted by Gasteiger charge is 2.12. The molecule has 0 spiro atoms. The Labute approximate surface area is 154 Å². The number of ether oxygens (including phenoxy) is 1. The largest absolute Gasteiger partial charge is 0.494 e. The van der Waals surface area contributed by atoms with Gasteiger partial charge in [0.2, 0.25) is 10.0 Å². The van der Waals surface area contributed by atoms with Gasteiger partial charge < -0.3 is 4.74 Å². The Morgan fingerprint density at radius 2 is 1.58 bits per heavy atom. The molecule has 0 saturated heterocycles. The van der Waals surface area contributed by atoms with Crippen molar-refractivity contribution in [2.24, 2.45) is 0 Å². The predicted octanol–water partition coefficient (Wildman–Crippen LogP) is 4.23. The molecule has 4 nitrogen and oxygen atoms in total. The molecule has 0 aliphatic rings. The molecule has 0 aliphatic heterocycles. The fourth-order valence-electron chi connectivity index (χ4n) is 2.61. The summed E-state index contributed by atoms with van der Waals surface area (Å²) >= 11 is 0. The molecule has 0 radical (unpaired) electrons. The SMILES string of the molecule is CCOc1cccc(-c2ccc(CNS(=O)(=O)c3ccccc3)cc2)c1. The first-order chi connectivity index (χ1) is 12.6. The fourth-order valence-corrected chi connectivity index (χ4v) is 3.65. The van der Waals surface area contributed by atoms with Crippen molar-refractivity contribution in [3.8, 4) is 16.9 Å². The molecule has 3 aromatic carbocycles. The van der Waals surface area contributed by atoms with Gasteiger partial charge in [0.1, 0.15) is 5.75 Å². The van der Waals surface area contributed by atoms with Crippen LogP contribution in [0.15, 0.2) is 83.8 Å². The molecule has 0 unspecified atom stereocenters. The van der Waals surface area contributed by atoms with Gasteiger partial charge in [-0.25, -0.2) is 13.1 Å². The van der Waals surface area contributed by atoms with Gasteiger partial charge >= 0.3 is 0 Å². The number of hydrogen-bond acceptors (Lipinski definition) is 3. The van der Waals surface area contributed by atoms with E-state index in [0.29, 0.717) is 6.61 Å². The van der Waals surface area contributed by atoms with Crippen molar-refractivity contribution in [2.75, 3.05) is 6.61 Å². The predicted molar refractivity (Wildman–Crippen MR) is 104 cm³/mol. The molecular weight excluding hydrogens is 346 g/mol. The zero-order valence-corrected chi connectivity index (χ0v) is 15.4. The molecule has 0 aliphatic carbocycles. The lowest BCUT2D eigenvalue weighted by molar-refractivity contribution is 0.340. The van der Waals surface area contributed by atoms with E-state index in [4.69, 9.17) is 4.74 Å². The first-order valence-corrected chi connectivity index (χ1v) is 9.94. The minimum atomic E-state index is -3.50. The average Bonchev–Trinajstić information content (AvgIpc) is 2.68. The maximum absolute atomic E-state index is 12.3. The molecule has 134 valence electrons. The Morgan fingerprint density at radius 3 is 2.27 bits per heavy atom. The molecule has 0 aromatic heterocycles. The lowest BCUT2D eigenvalue weighted by atomic mass is 10.0. The van der Waals surface area contributed by atoms with Crippen LogP contribution >= 0.6 is 0 Å². The third kappa shape index (κ3) is 4.50. The number of nitrogens with one attached hydrogen (secondary N) is 1. The molecule has 5 heteroatoms. The van der Waals surface area contributed by atoms with Crippen LogP contribution in [0.4, 0.5) is 0 Å². The summed E-state index contributed by atoms with van der Waals surface area (Å²) in [6.07, 6.45) is 0. The topological polar surface area (TPSA) is 55.4 Å². The zero-order valence-electron chi connectivity index (χ0n) is 14.6. The van der Waals surface area contributed by atoms with Crippen LogP contribution in [0.3, 0.4) is 0 Å². The van der Waals surface area contributed by atoms with E-state index in [0.717, 1.165) is 22.4 Å². The van der Waals surface area contributed by atoms with E-state index in [1.54, 1.807) is 30.3 Å². The molecule has 1 N–H and O–H groups in total. The van der Waals surface area contributed by atoms with Gasteiger partial charge in [-0.15, -0.1) is 0 Å². The van der Waals surface area contributed by atoms with Gasteiger partial charge in [-0.1, -0.05) is 54.6 Å². The number of sulfonamides is 1. The summed E-state index contributed by atoms with van der Waals surface area (Å²) in [6.45, 7) is 2.83. The molecule has 26 heavy (non-hydrogen) atoms. The highest BCUT2D eigenvalue weighted by atomic mass is 32.2. The molecule has 0 bridgehead atoms. The van der Waals surface area contributed by atoms with Crippen LogP contribution in [-0.2, 0) is 16.6 Å². The molecular formula is C21H21NO3S. The lowest BCUT2D eigenvalue weighted by Gasteiger charge is -2.09. The molecule has 0 heterocycles. The van der Waals surface area contributed by atoms with Crippen molar-refractivity contribution in [1.29, 1.82) is 0 Å². The van der Waals surface area contributed by atoms with Crippen LogP contribution in [0.2, 0.25) is 0 Å². The summed E-state index contributed by atoms with van der Waals surface area (Å²) in [6, 6.07) is 24.1. The first kappa shape index (κ1) is 18.2. The Morgan fingerprint density at radius 1 is 0.846 bits per heavy atom. The Hall–Kier alpha value is -2.63. The van der Waals surface area contributed by atoms with Gasteiger partial charge in [-0.2, -0.15) is 0 Å². The molecule has 3 rings (SSSR count). The molecule has 0 fully saturated rings.